The standard InChI is InChI=1S/C20H22Cl2FN3/c1-13-2-3-14(18(23)8-13)11-25-6-4-15(5-7-25)26-12-24-19-9-16(21)17(22)10-20(19)26/h2-3,8-10,15,24H,4-7,11-12H2,1H3. The van der Waals surface area contributed by atoms with E-state index >= 15 is 0 Å². The molecule has 2 aromatic carbocycles. The molecular formula is C20H22Cl2FN3. The van der Waals surface area contributed by atoms with Gasteiger partial charge in [0.1, 0.15) is 5.82 Å². The molecule has 138 valence electrons. The van der Waals surface area contributed by atoms with Crippen LogP contribution in [0.2, 0.25) is 10.0 Å². The van der Waals surface area contributed by atoms with Crippen LogP contribution < -0.4 is 10.2 Å². The molecule has 0 aliphatic carbocycles. The minimum atomic E-state index is -0.101. The summed E-state index contributed by atoms with van der Waals surface area (Å²) in [7, 11) is 0. The van der Waals surface area contributed by atoms with Crippen LogP contribution in [-0.4, -0.2) is 30.7 Å². The lowest BCUT2D eigenvalue weighted by molar-refractivity contribution is 0.200. The van der Waals surface area contributed by atoms with Gasteiger partial charge >= 0.3 is 0 Å². The molecule has 4 rings (SSSR count). The largest absolute Gasteiger partial charge is 0.366 e. The van der Waals surface area contributed by atoms with E-state index in [0.717, 1.165) is 55.1 Å². The first-order valence-corrected chi connectivity index (χ1v) is 9.74. The molecule has 2 aliphatic rings. The first-order chi connectivity index (χ1) is 12.5. The fraction of sp³-hybridized carbons (Fsp3) is 0.400. The summed E-state index contributed by atoms with van der Waals surface area (Å²) in [5.74, 6) is -0.101. The second kappa shape index (κ2) is 7.26. The minimum absolute atomic E-state index is 0.101. The van der Waals surface area contributed by atoms with Gasteiger partial charge in [-0.15, -0.1) is 0 Å². The molecule has 0 aromatic heterocycles. The van der Waals surface area contributed by atoms with Crippen molar-refractivity contribution < 1.29 is 4.39 Å². The van der Waals surface area contributed by atoms with Crippen molar-refractivity contribution in [2.75, 3.05) is 30.0 Å². The highest BCUT2D eigenvalue weighted by Gasteiger charge is 2.30. The fourth-order valence-corrected chi connectivity index (χ4v) is 4.23. The predicted molar refractivity (Wildman–Crippen MR) is 107 cm³/mol. The number of hydrogen-bond acceptors (Lipinski definition) is 3. The fourth-order valence-electron chi connectivity index (χ4n) is 3.91. The number of likely N-dealkylation sites (tertiary alicyclic amines) is 1. The highest BCUT2D eigenvalue weighted by Crippen LogP contribution is 2.40. The normalized spacial score (nSPS) is 18.1. The zero-order valence-corrected chi connectivity index (χ0v) is 16.2. The van der Waals surface area contributed by atoms with Crippen LogP contribution >= 0.6 is 23.2 Å². The van der Waals surface area contributed by atoms with E-state index in [1.165, 1.54) is 0 Å². The number of fused-ring (bicyclic) bond motifs is 1. The molecule has 1 saturated heterocycles. The van der Waals surface area contributed by atoms with Gasteiger partial charge in [0.25, 0.3) is 0 Å². The van der Waals surface area contributed by atoms with E-state index in [9.17, 15) is 4.39 Å². The van der Waals surface area contributed by atoms with Crippen molar-refractivity contribution in [2.24, 2.45) is 0 Å². The van der Waals surface area contributed by atoms with Gasteiger partial charge in [-0.1, -0.05) is 35.3 Å². The molecule has 2 heterocycles. The Bertz CT molecular complexity index is 819. The molecule has 2 aliphatic heterocycles. The number of piperidine rings is 1. The summed E-state index contributed by atoms with van der Waals surface area (Å²) in [6.45, 7) is 5.30. The average Bonchev–Trinajstić information content (AvgIpc) is 3.01. The number of benzene rings is 2. The topological polar surface area (TPSA) is 18.5 Å². The smallest absolute Gasteiger partial charge is 0.127 e. The van der Waals surface area contributed by atoms with Crippen molar-refractivity contribution in [3.05, 3.63) is 57.3 Å². The Morgan fingerprint density at radius 1 is 1.12 bits per heavy atom. The van der Waals surface area contributed by atoms with Gasteiger partial charge in [0.15, 0.2) is 0 Å². The molecule has 6 heteroatoms. The lowest BCUT2D eigenvalue weighted by atomic mass is 10.0. The second-order valence-corrected chi connectivity index (χ2v) is 8.00. The maximum absolute atomic E-state index is 14.1. The molecule has 0 bridgehead atoms. The second-order valence-electron chi connectivity index (χ2n) is 7.19. The van der Waals surface area contributed by atoms with Gasteiger partial charge in [-0.3, -0.25) is 4.90 Å². The van der Waals surface area contributed by atoms with E-state index in [1.807, 2.05) is 31.2 Å². The lowest BCUT2D eigenvalue weighted by Gasteiger charge is -2.37. The number of rotatable bonds is 3. The summed E-state index contributed by atoms with van der Waals surface area (Å²) in [5, 5.41) is 4.57. The van der Waals surface area contributed by atoms with Crippen LogP contribution in [-0.2, 0) is 6.54 Å². The molecule has 0 amide bonds. The van der Waals surface area contributed by atoms with Crippen LogP contribution in [0, 0.1) is 12.7 Å². The zero-order valence-electron chi connectivity index (χ0n) is 14.7. The number of halogens is 3. The maximum Gasteiger partial charge on any atom is 0.127 e. The quantitative estimate of drug-likeness (QED) is 0.763. The van der Waals surface area contributed by atoms with Crippen LogP contribution in [0.3, 0.4) is 0 Å². The Labute approximate surface area is 163 Å². The number of hydrogen-bond donors (Lipinski definition) is 1. The monoisotopic (exact) mass is 393 g/mol. The molecule has 0 unspecified atom stereocenters. The van der Waals surface area contributed by atoms with Crippen LogP contribution in [0.4, 0.5) is 15.8 Å². The Morgan fingerprint density at radius 3 is 2.58 bits per heavy atom. The molecule has 0 saturated carbocycles. The first-order valence-electron chi connectivity index (χ1n) is 8.98. The summed E-state index contributed by atoms with van der Waals surface area (Å²) in [6, 6.07) is 9.81. The van der Waals surface area contributed by atoms with E-state index in [1.54, 1.807) is 6.07 Å². The van der Waals surface area contributed by atoms with Crippen LogP contribution in [0.15, 0.2) is 30.3 Å². The molecular weight excluding hydrogens is 372 g/mol. The lowest BCUT2D eigenvalue weighted by Crippen LogP contribution is -2.44. The molecule has 1 fully saturated rings. The number of anilines is 2. The van der Waals surface area contributed by atoms with Gasteiger partial charge in [-0.25, -0.2) is 4.39 Å². The minimum Gasteiger partial charge on any atom is -0.366 e. The molecule has 2 aromatic rings. The van der Waals surface area contributed by atoms with Gasteiger partial charge in [0.05, 0.1) is 28.1 Å². The van der Waals surface area contributed by atoms with Crippen molar-refractivity contribution in [1.82, 2.24) is 4.90 Å². The van der Waals surface area contributed by atoms with E-state index in [2.05, 4.69) is 15.1 Å². The van der Waals surface area contributed by atoms with Crippen molar-refractivity contribution in [2.45, 2.75) is 32.4 Å². The molecule has 0 radical (unpaired) electrons. The third-order valence-electron chi connectivity index (χ3n) is 5.39. The Morgan fingerprint density at radius 2 is 1.85 bits per heavy atom. The number of aryl methyl sites for hydroxylation is 1. The van der Waals surface area contributed by atoms with E-state index in [-0.39, 0.29) is 5.82 Å². The van der Waals surface area contributed by atoms with E-state index in [4.69, 9.17) is 23.2 Å². The SMILES string of the molecule is Cc1ccc(CN2CCC(N3CNc4cc(Cl)c(Cl)cc43)CC2)c(F)c1. The molecule has 0 atom stereocenters. The summed E-state index contributed by atoms with van der Waals surface area (Å²) in [5.41, 5.74) is 3.92. The Hall–Kier alpha value is -1.49. The molecule has 3 nitrogen and oxygen atoms in total. The predicted octanol–water partition coefficient (Wildman–Crippen LogP) is 5.29. The summed E-state index contributed by atoms with van der Waals surface area (Å²) in [6.07, 6.45) is 2.10. The first kappa shape index (κ1) is 17.9. The highest BCUT2D eigenvalue weighted by molar-refractivity contribution is 6.42. The Kier molecular flexibility index (Phi) is 5.00. The van der Waals surface area contributed by atoms with Gasteiger partial charge in [-0.05, 0) is 43.5 Å². The molecule has 0 spiro atoms. The maximum atomic E-state index is 14.1. The highest BCUT2D eigenvalue weighted by atomic mass is 35.5. The summed E-state index contributed by atoms with van der Waals surface area (Å²) in [4.78, 5) is 4.71. The van der Waals surface area contributed by atoms with Gasteiger partial charge in [0, 0.05) is 31.2 Å². The molecule has 26 heavy (non-hydrogen) atoms. The van der Waals surface area contributed by atoms with Gasteiger partial charge in [-0.2, -0.15) is 0 Å². The summed E-state index contributed by atoms with van der Waals surface area (Å²) >= 11 is 12.3. The number of nitrogens with one attached hydrogen (secondary N) is 1. The van der Waals surface area contributed by atoms with Crippen molar-refractivity contribution in [1.29, 1.82) is 0 Å². The van der Waals surface area contributed by atoms with Gasteiger partial charge in [0.2, 0.25) is 0 Å². The van der Waals surface area contributed by atoms with Crippen LogP contribution in [0.25, 0.3) is 0 Å². The van der Waals surface area contributed by atoms with E-state index < -0.39 is 0 Å². The third-order valence-corrected chi connectivity index (χ3v) is 6.11. The average molecular weight is 394 g/mol. The summed E-state index contributed by atoms with van der Waals surface area (Å²) < 4.78 is 14.1. The van der Waals surface area contributed by atoms with Crippen molar-refractivity contribution >= 4 is 34.6 Å². The van der Waals surface area contributed by atoms with Crippen molar-refractivity contribution in [3.63, 3.8) is 0 Å². The zero-order chi connectivity index (χ0) is 18.3. The van der Waals surface area contributed by atoms with Gasteiger partial charge < -0.3 is 10.2 Å². The van der Waals surface area contributed by atoms with Crippen molar-refractivity contribution in [3.8, 4) is 0 Å². The number of nitrogens with zero attached hydrogens (tertiary/aromatic N) is 2. The van der Waals surface area contributed by atoms with E-state index in [0.29, 0.717) is 22.6 Å². The third kappa shape index (κ3) is 3.51. The van der Waals surface area contributed by atoms with Crippen LogP contribution in [0.5, 0.6) is 0 Å². The van der Waals surface area contributed by atoms with Crippen LogP contribution in [0.1, 0.15) is 24.0 Å². The molecule has 1 N–H and O–H groups in total. The Balaban J connectivity index is 1.40.